The molecule has 0 amide bonds. The number of hydrogen-bond donors (Lipinski definition) is 0. The van der Waals surface area contributed by atoms with Crippen molar-refractivity contribution in [2.75, 3.05) is 0 Å². The molecule has 0 saturated heterocycles. The Morgan fingerprint density at radius 3 is 0.385 bits per heavy atom. The molecular weight excluding hydrogens is 274 g/mol. The molecule has 0 unspecified atom stereocenters. The third kappa shape index (κ3) is 995. The average molecular weight is 274 g/mol. The summed E-state index contributed by atoms with van der Waals surface area (Å²) in [5.74, 6) is 0. The molecule has 0 N–H and O–H groups in total. The van der Waals surface area contributed by atoms with Gasteiger partial charge in [-0.3, -0.25) is 0 Å². The van der Waals surface area contributed by atoms with Crippen LogP contribution in [0.2, 0.25) is 0 Å². The number of rotatable bonds is 0. The van der Waals surface area contributed by atoms with E-state index >= 15 is 0 Å². The van der Waals surface area contributed by atoms with Crippen LogP contribution in [0.15, 0.2) is 0 Å². The summed E-state index contributed by atoms with van der Waals surface area (Å²) in [5.41, 5.74) is 0. The second-order valence-corrected chi connectivity index (χ2v) is 0. The van der Waals surface area contributed by atoms with E-state index in [1.165, 1.54) is 0 Å². The normalized spacial score (nSPS) is 1.15. The fourth-order valence-corrected chi connectivity index (χ4v) is 0. The first-order valence-corrected chi connectivity index (χ1v) is 0.775. The molecule has 0 aliphatic rings. The van der Waals surface area contributed by atoms with Gasteiger partial charge in [-0.1, -0.05) is 0 Å². The molecule has 0 spiro atoms. The topological polar surface area (TPSA) is 193 Å². The quantitative estimate of drug-likeness (QED) is 0.563. The van der Waals surface area contributed by atoms with Crippen molar-refractivity contribution in [1.82, 2.24) is 0 Å². The van der Waals surface area contributed by atoms with Crippen molar-refractivity contribution >= 4 is 22.5 Å². The molecule has 0 bridgehead atoms. The Morgan fingerprint density at radius 1 is 0.385 bits per heavy atom. The van der Waals surface area contributed by atoms with Crippen LogP contribution in [-0.2, 0) is 65.2 Å². The fraction of sp³-hybridized carbons (Fsp3) is 0. The molecule has 13 heavy (non-hydrogen) atoms. The Bertz CT molecular complexity index is 47.5. The van der Waals surface area contributed by atoms with Gasteiger partial charge in [0.15, 0.2) is 0 Å². The van der Waals surface area contributed by atoms with Gasteiger partial charge in [-0.25, -0.2) is 0 Å². The Hall–Kier alpha value is 1.31. The predicted octanol–water partition coefficient (Wildman–Crippen LogP) is 0.0501. The molecule has 13 heteroatoms. The molecule has 0 aromatic heterocycles. The third-order valence-corrected chi connectivity index (χ3v) is 0. The summed E-state index contributed by atoms with van der Waals surface area (Å²) in [6.07, 6.45) is 0. The van der Waals surface area contributed by atoms with Gasteiger partial charge in [0.2, 0.25) is 0 Å². The average Bonchev–Trinajstić information content (AvgIpc) is 1.81. The van der Waals surface area contributed by atoms with Crippen molar-refractivity contribution in [3.05, 3.63) is 24.6 Å². The first-order chi connectivity index (χ1) is 3.00. The van der Waals surface area contributed by atoms with Gasteiger partial charge in [0.25, 0.3) is 0 Å². The maximum atomic E-state index is 6.50. The molecule has 0 aromatic carbocycles. The molecule has 0 saturated carbocycles. The van der Waals surface area contributed by atoms with E-state index in [4.69, 9.17) is 15.5 Å². The molecule has 0 heterocycles. The second-order valence-electron chi connectivity index (χ2n) is 0. The van der Waals surface area contributed by atoms with Crippen molar-refractivity contribution in [3.63, 3.8) is 0 Å². The monoisotopic (exact) mass is 275 g/mol. The van der Waals surface area contributed by atoms with Crippen molar-refractivity contribution in [2.45, 2.75) is 0 Å². The maximum Gasteiger partial charge on any atom is 4.00 e. The van der Waals surface area contributed by atoms with Gasteiger partial charge in [-0.05, 0) is 0 Å². The van der Waals surface area contributed by atoms with Gasteiger partial charge in [0.05, 0.1) is 0 Å². The smallest absolute Gasteiger partial charge is 3.00 e. The van der Waals surface area contributed by atoms with Crippen LogP contribution in [0.5, 0.6) is 0 Å². The van der Waals surface area contributed by atoms with Gasteiger partial charge in [-0.2, -0.15) is 0 Å². The van der Waals surface area contributed by atoms with Crippen LogP contribution >= 0.6 is 0 Å². The standard InChI is InChI=1S/3BN.4N.3Ti/c3*1-2;;;;;;;/q;;;4*-3;3*+4. The minimum atomic E-state index is 0. The summed E-state index contributed by atoms with van der Waals surface area (Å²) in [4.78, 5) is 0. The Labute approximate surface area is 127 Å². The van der Waals surface area contributed by atoms with E-state index in [1.807, 2.05) is 0 Å². The van der Waals surface area contributed by atoms with Crippen LogP contribution in [0.4, 0.5) is 0 Å². The fourth-order valence-electron chi connectivity index (χ4n) is 0. The van der Waals surface area contributed by atoms with Gasteiger partial charge < -0.3 is 24.6 Å². The van der Waals surface area contributed by atoms with Gasteiger partial charge in [0.1, 0.15) is 0 Å². The zero-order valence-electron chi connectivity index (χ0n) is 6.36. The Morgan fingerprint density at radius 2 is 0.385 bits per heavy atom. The van der Waals surface area contributed by atoms with Crippen LogP contribution in [0.25, 0.3) is 24.6 Å². The maximum absolute atomic E-state index is 6.50. The second kappa shape index (κ2) is 1180. The molecule has 0 radical (unpaired) electrons. The number of nitrogens with zero attached hydrogens (tertiary/aromatic N) is 7. The van der Waals surface area contributed by atoms with E-state index in [-0.39, 0.29) is 89.8 Å². The Kier molecular flexibility index (Phi) is 12400. The minimum Gasteiger partial charge on any atom is -3.00 e. The largest absolute Gasteiger partial charge is 4.00 e. The van der Waals surface area contributed by atoms with Crippen LogP contribution < -0.4 is 0 Å². The van der Waals surface area contributed by atoms with Crippen LogP contribution in [0.3, 0.4) is 0 Å². The van der Waals surface area contributed by atoms with Crippen molar-refractivity contribution in [1.29, 1.82) is 15.5 Å². The molecule has 7 nitrogen and oxygen atoms in total. The molecular formula is B3N7Ti3. The Balaban J connectivity index is -0.00000000102. The summed E-state index contributed by atoms with van der Waals surface area (Å²) in [5, 5.41) is 19.5. The van der Waals surface area contributed by atoms with E-state index in [2.05, 4.69) is 22.5 Å². The van der Waals surface area contributed by atoms with E-state index in [9.17, 15) is 0 Å². The molecule has 56 valence electrons. The van der Waals surface area contributed by atoms with E-state index < -0.39 is 0 Å². The molecule has 0 atom stereocenters. The van der Waals surface area contributed by atoms with E-state index in [0.29, 0.717) is 0 Å². The molecule has 0 aliphatic heterocycles. The van der Waals surface area contributed by atoms with Crippen LogP contribution in [-0.4, -0.2) is 22.5 Å². The first kappa shape index (κ1) is 137. The van der Waals surface area contributed by atoms with Crippen molar-refractivity contribution in [2.24, 2.45) is 0 Å². The van der Waals surface area contributed by atoms with E-state index in [0.717, 1.165) is 0 Å². The van der Waals surface area contributed by atoms with Crippen LogP contribution in [0, 0.1) is 15.5 Å². The van der Waals surface area contributed by atoms with Crippen molar-refractivity contribution in [3.8, 4) is 0 Å². The molecule has 0 rings (SSSR count). The van der Waals surface area contributed by atoms with Gasteiger partial charge in [0, 0.05) is 0 Å². The zero-order chi connectivity index (χ0) is 6.00. The van der Waals surface area contributed by atoms with Crippen LogP contribution in [0.1, 0.15) is 0 Å². The van der Waals surface area contributed by atoms with E-state index in [1.54, 1.807) is 0 Å². The minimum absolute atomic E-state index is 0. The van der Waals surface area contributed by atoms with Gasteiger partial charge >= 0.3 is 103 Å². The third-order valence-electron chi connectivity index (χ3n) is 0. The summed E-state index contributed by atoms with van der Waals surface area (Å²) in [7, 11) is 10.5. The van der Waals surface area contributed by atoms with Crippen molar-refractivity contribution < 1.29 is 65.2 Å². The molecule has 0 aromatic rings. The zero-order valence-corrected chi connectivity index (χ0v) is 11.0. The summed E-state index contributed by atoms with van der Waals surface area (Å²) >= 11 is 0. The van der Waals surface area contributed by atoms with Gasteiger partial charge in [-0.15, -0.1) is 0 Å². The first-order valence-electron chi connectivity index (χ1n) is 0.775. The summed E-state index contributed by atoms with van der Waals surface area (Å²) < 4.78 is 0. The summed E-state index contributed by atoms with van der Waals surface area (Å²) in [6.45, 7) is 0. The SMILES string of the molecule is B#N.B#N.B#N.[N-3].[N-3].[N-3].[N-3].[Ti+4].[Ti+4].[Ti+4]. The number of hydrogen-bond acceptors (Lipinski definition) is 3. The molecule has 0 fully saturated rings. The predicted molar refractivity (Wildman–Crippen MR) is 35.9 cm³/mol. The summed E-state index contributed by atoms with van der Waals surface area (Å²) in [6, 6.07) is 0. The molecule has 0 aliphatic carbocycles.